The monoisotopic (exact) mass is 383 g/mol. The number of para-hydroxylation sites is 1. The van der Waals surface area contributed by atoms with Crippen LogP contribution in [-0.2, 0) is 6.54 Å². The maximum absolute atomic E-state index is 14.0. The predicted octanol–water partition coefficient (Wildman–Crippen LogP) is 4.41. The molecule has 0 radical (unpaired) electrons. The second kappa shape index (κ2) is 7.34. The number of amides is 2. The lowest BCUT2D eigenvalue weighted by molar-refractivity contribution is 0.181. The standard InChI is InChI=1S/C21H19F2N3O2/c1-28-15-9-7-14(8-10-15)20-18-6-3-11-25(18)12-13-26(20)21(27)24-19-16(22)4-2-5-17(19)23/h2-11,20H,12-13H2,1H3,(H,24,27)/t20-/m0/s1. The number of aromatic nitrogens is 1. The van der Waals surface area contributed by atoms with Crippen molar-refractivity contribution >= 4 is 11.7 Å². The summed E-state index contributed by atoms with van der Waals surface area (Å²) in [6.07, 6.45) is 1.96. The van der Waals surface area contributed by atoms with Gasteiger partial charge in [0.15, 0.2) is 0 Å². The van der Waals surface area contributed by atoms with Gasteiger partial charge in [0.05, 0.1) is 13.2 Å². The highest BCUT2D eigenvalue weighted by atomic mass is 19.1. The van der Waals surface area contributed by atoms with E-state index >= 15 is 0 Å². The molecule has 1 atom stereocenters. The summed E-state index contributed by atoms with van der Waals surface area (Å²) < 4.78 is 35.2. The molecule has 0 saturated heterocycles. The third-order valence-electron chi connectivity index (χ3n) is 4.93. The minimum Gasteiger partial charge on any atom is -0.497 e. The number of urea groups is 1. The number of nitrogens with zero attached hydrogens (tertiary/aromatic N) is 2. The number of nitrogens with one attached hydrogen (secondary N) is 1. The highest BCUT2D eigenvalue weighted by molar-refractivity contribution is 5.90. The number of benzene rings is 2. The molecule has 0 saturated carbocycles. The zero-order chi connectivity index (χ0) is 19.7. The Morgan fingerprint density at radius 2 is 1.75 bits per heavy atom. The Balaban J connectivity index is 1.69. The summed E-state index contributed by atoms with van der Waals surface area (Å²) in [7, 11) is 1.59. The molecule has 0 fully saturated rings. The maximum atomic E-state index is 14.0. The molecule has 1 aliphatic rings. The van der Waals surface area contributed by atoms with Crippen LogP contribution in [0.25, 0.3) is 0 Å². The van der Waals surface area contributed by atoms with E-state index in [0.29, 0.717) is 18.8 Å². The number of ether oxygens (including phenoxy) is 1. The fourth-order valence-corrected chi connectivity index (χ4v) is 3.54. The van der Waals surface area contributed by atoms with E-state index < -0.39 is 23.4 Å². The van der Waals surface area contributed by atoms with Crippen LogP contribution in [0.3, 0.4) is 0 Å². The molecule has 2 heterocycles. The van der Waals surface area contributed by atoms with E-state index in [1.165, 1.54) is 6.07 Å². The van der Waals surface area contributed by atoms with Gasteiger partial charge < -0.3 is 19.5 Å². The topological polar surface area (TPSA) is 46.5 Å². The Hall–Kier alpha value is -3.35. The Morgan fingerprint density at radius 1 is 1.04 bits per heavy atom. The average molecular weight is 383 g/mol. The molecule has 7 heteroatoms. The quantitative estimate of drug-likeness (QED) is 0.728. The van der Waals surface area contributed by atoms with E-state index in [0.717, 1.165) is 23.4 Å². The van der Waals surface area contributed by atoms with Crippen molar-refractivity contribution in [2.45, 2.75) is 12.6 Å². The third-order valence-corrected chi connectivity index (χ3v) is 4.93. The van der Waals surface area contributed by atoms with Gasteiger partial charge in [-0.2, -0.15) is 0 Å². The summed E-state index contributed by atoms with van der Waals surface area (Å²) in [6, 6.07) is 13.8. The first kappa shape index (κ1) is 18.0. The summed E-state index contributed by atoms with van der Waals surface area (Å²) in [5.74, 6) is -0.913. The number of methoxy groups -OCH3 is 1. The van der Waals surface area contributed by atoms with E-state index in [1.54, 1.807) is 12.0 Å². The lowest BCUT2D eigenvalue weighted by Gasteiger charge is -2.37. The van der Waals surface area contributed by atoms with Gasteiger partial charge in [0.2, 0.25) is 0 Å². The molecule has 0 aliphatic carbocycles. The molecule has 1 aliphatic heterocycles. The number of carbonyl (C=O) groups excluding carboxylic acids is 1. The Labute approximate surface area is 161 Å². The van der Waals surface area contributed by atoms with Gasteiger partial charge in [-0.05, 0) is 42.0 Å². The number of fused-ring (bicyclic) bond motifs is 1. The van der Waals surface area contributed by atoms with Crippen molar-refractivity contribution in [2.75, 3.05) is 19.0 Å². The van der Waals surface area contributed by atoms with Gasteiger partial charge in [-0.3, -0.25) is 0 Å². The number of halogens is 2. The van der Waals surface area contributed by atoms with Crippen LogP contribution in [0.1, 0.15) is 17.3 Å². The average Bonchev–Trinajstić information content (AvgIpc) is 3.19. The van der Waals surface area contributed by atoms with Crippen molar-refractivity contribution in [3.8, 4) is 5.75 Å². The fraction of sp³-hybridized carbons (Fsp3) is 0.190. The van der Waals surface area contributed by atoms with Crippen LogP contribution in [0.2, 0.25) is 0 Å². The molecular weight excluding hydrogens is 364 g/mol. The number of hydrogen-bond acceptors (Lipinski definition) is 2. The van der Waals surface area contributed by atoms with Gasteiger partial charge in [0.1, 0.15) is 23.1 Å². The molecule has 1 aromatic heterocycles. The zero-order valence-electron chi connectivity index (χ0n) is 15.2. The summed E-state index contributed by atoms with van der Waals surface area (Å²) in [5.41, 5.74) is 1.37. The van der Waals surface area contributed by atoms with E-state index in [-0.39, 0.29) is 6.04 Å². The van der Waals surface area contributed by atoms with Crippen molar-refractivity contribution in [2.24, 2.45) is 0 Å². The van der Waals surface area contributed by atoms with Crippen LogP contribution in [-0.4, -0.2) is 29.2 Å². The molecule has 0 bridgehead atoms. The summed E-state index contributed by atoms with van der Waals surface area (Å²) in [6.45, 7) is 1.00. The number of rotatable bonds is 3. The number of hydrogen-bond donors (Lipinski definition) is 1. The van der Waals surface area contributed by atoms with Crippen molar-refractivity contribution in [3.63, 3.8) is 0 Å². The van der Waals surface area contributed by atoms with Gasteiger partial charge in [-0.25, -0.2) is 13.6 Å². The molecule has 0 spiro atoms. The SMILES string of the molecule is COc1ccc([C@H]2c3cccn3CCN2C(=O)Nc2c(F)cccc2F)cc1. The highest BCUT2D eigenvalue weighted by Gasteiger charge is 2.32. The van der Waals surface area contributed by atoms with E-state index in [2.05, 4.69) is 9.88 Å². The first-order chi connectivity index (χ1) is 13.6. The molecule has 1 N–H and O–H groups in total. The van der Waals surface area contributed by atoms with Crippen LogP contribution in [0.4, 0.5) is 19.3 Å². The molecule has 144 valence electrons. The summed E-state index contributed by atoms with van der Waals surface area (Å²) >= 11 is 0. The molecule has 2 amide bonds. The van der Waals surface area contributed by atoms with E-state index in [4.69, 9.17) is 4.74 Å². The molecule has 4 rings (SSSR count). The summed E-state index contributed by atoms with van der Waals surface area (Å²) in [5, 5.41) is 2.40. The van der Waals surface area contributed by atoms with Crippen molar-refractivity contribution in [1.82, 2.24) is 9.47 Å². The highest BCUT2D eigenvalue weighted by Crippen LogP contribution is 2.34. The van der Waals surface area contributed by atoms with Gasteiger partial charge in [-0.1, -0.05) is 18.2 Å². The maximum Gasteiger partial charge on any atom is 0.322 e. The van der Waals surface area contributed by atoms with E-state index in [9.17, 15) is 13.6 Å². The van der Waals surface area contributed by atoms with Crippen molar-refractivity contribution in [3.05, 3.63) is 83.7 Å². The Bertz CT molecular complexity index is 981. The number of anilines is 1. The normalized spacial score (nSPS) is 15.8. The molecular formula is C21H19F2N3O2. The Morgan fingerprint density at radius 3 is 2.43 bits per heavy atom. The largest absolute Gasteiger partial charge is 0.497 e. The first-order valence-corrected chi connectivity index (χ1v) is 8.89. The molecule has 5 nitrogen and oxygen atoms in total. The second-order valence-electron chi connectivity index (χ2n) is 6.52. The lowest BCUT2D eigenvalue weighted by Crippen LogP contribution is -2.44. The van der Waals surface area contributed by atoms with E-state index in [1.807, 2.05) is 42.6 Å². The van der Waals surface area contributed by atoms with Gasteiger partial charge >= 0.3 is 6.03 Å². The van der Waals surface area contributed by atoms with Crippen molar-refractivity contribution < 1.29 is 18.3 Å². The van der Waals surface area contributed by atoms with Crippen molar-refractivity contribution in [1.29, 1.82) is 0 Å². The van der Waals surface area contributed by atoms with Crippen LogP contribution >= 0.6 is 0 Å². The molecule has 3 aromatic rings. The zero-order valence-corrected chi connectivity index (χ0v) is 15.2. The molecule has 28 heavy (non-hydrogen) atoms. The van der Waals surface area contributed by atoms with Crippen LogP contribution in [0.15, 0.2) is 60.8 Å². The smallest absolute Gasteiger partial charge is 0.322 e. The van der Waals surface area contributed by atoms with Crippen LogP contribution in [0, 0.1) is 11.6 Å². The van der Waals surface area contributed by atoms with Crippen LogP contribution in [0.5, 0.6) is 5.75 Å². The molecule has 2 aromatic carbocycles. The number of carbonyl (C=O) groups is 1. The fourth-order valence-electron chi connectivity index (χ4n) is 3.54. The summed E-state index contributed by atoms with van der Waals surface area (Å²) in [4.78, 5) is 14.5. The second-order valence-corrected chi connectivity index (χ2v) is 6.52. The van der Waals surface area contributed by atoms with Gasteiger partial charge in [0, 0.05) is 25.0 Å². The minimum atomic E-state index is -0.810. The van der Waals surface area contributed by atoms with Gasteiger partial charge in [-0.15, -0.1) is 0 Å². The third kappa shape index (κ3) is 3.19. The lowest BCUT2D eigenvalue weighted by atomic mass is 10.00. The minimum absolute atomic E-state index is 0.385. The van der Waals surface area contributed by atoms with Crippen LogP contribution < -0.4 is 10.1 Å². The predicted molar refractivity (Wildman–Crippen MR) is 101 cm³/mol. The molecule has 0 unspecified atom stereocenters. The Kier molecular flexibility index (Phi) is 4.73. The first-order valence-electron chi connectivity index (χ1n) is 8.89. The van der Waals surface area contributed by atoms with Gasteiger partial charge in [0.25, 0.3) is 0 Å².